The minimum atomic E-state index is -0.463. The van der Waals surface area contributed by atoms with Crippen molar-refractivity contribution in [3.05, 3.63) is 116 Å². The lowest BCUT2D eigenvalue weighted by Crippen LogP contribution is -2.18. The predicted molar refractivity (Wildman–Crippen MR) is 169 cm³/mol. The number of para-hydroxylation sites is 4. The first-order chi connectivity index (χ1) is 20.0. The van der Waals surface area contributed by atoms with Crippen LogP contribution < -0.4 is 10.6 Å². The number of halogens is 4. The van der Waals surface area contributed by atoms with Gasteiger partial charge in [0.2, 0.25) is 0 Å². The van der Waals surface area contributed by atoms with Gasteiger partial charge in [-0.3, -0.25) is 5.26 Å². The summed E-state index contributed by atoms with van der Waals surface area (Å²) in [4.78, 5) is 4.75. The molecule has 41 heavy (non-hydrogen) atoms. The normalized spacial score (nSPS) is 11.8. The number of rotatable bonds is 15. The SMILES string of the molecule is OOC(CCOCCOCc1ccccc1Nc1c(Cl)cccc1Cl)Cc1ccccc1Nc1c(Cl)cccc1Cl. The molecule has 10 heteroatoms. The van der Waals surface area contributed by atoms with Crippen molar-refractivity contribution in [3.8, 4) is 0 Å². The Balaban J connectivity index is 1.21. The molecule has 0 aliphatic heterocycles. The highest BCUT2D eigenvalue weighted by Crippen LogP contribution is 2.35. The molecule has 4 aromatic rings. The highest BCUT2D eigenvalue weighted by molar-refractivity contribution is 6.39. The van der Waals surface area contributed by atoms with Gasteiger partial charge in [0.25, 0.3) is 0 Å². The Morgan fingerprint density at radius 1 is 0.585 bits per heavy atom. The number of anilines is 4. The van der Waals surface area contributed by atoms with Crippen LogP contribution in [-0.4, -0.2) is 31.2 Å². The fourth-order valence-corrected chi connectivity index (χ4v) is 5.13. The van der Waals surface area contributed by atoms with E-state index in [4.69, 9.17) is 60.8 Å². The van der Waals surface area contributed by atoms with Gasteiger partial charge < -0.3 is 20.1 Å². The van der Waals surface area contributed by atoms with Crippen LogP contribution in [0.1, 0.15) is 17.5 Å². The van der Waals surface area contributed by atoms with E-state index in [1.54, 1.807) is 36.4 Å². The largest absolute Gasteiger partial charge is 0.379 e. The van der Waals surface area contributed by atoms with Gasteiger partial charge in [-0.05, 0) is 42.0 Å². The molecule has 1 atom stereocenters. The fourth-order valence-electron chi connectivity index (χ4n) is 4.15. The van der Waals surface area contributed by atoms with Crippen LogP contribution in [0.2, 0.25) is 20.1 Å². The average molecular weight is 636 g/mol. The molecule has 0 spiro atoms. The molecule has 0 fully saturated rings. The number of benzene rings is 4. The van der Waals surface area contributed by atoms with Crippen molar-refractivity contribution in [2.75, 3.05) is 30.5 Å². The van der Waals surface area contributed by atoms with Crippen LogP contribution in [0, 0.1) is 0 Å². The van der Waals surface area contributed by atoms with Gasteiger partial charge in [0.05, 0.1) is 57.4 Å². The second-order valence-corrected chi connectivity index (χ2v) is 10.8. The summed E-state index contributed by atoms with van der Waals surface area (Å²) in [6.45, 7) is 1.57. The summed E-state index contributed by atoms with van der Waals surface area (Å²) in [5.74, 6) is 0. The molecule has 6 nitrogen and oxygen atoms in total. The van der Waals surface area contributed by atoms with Crippen molar-refractivity contribution < 1.29 is 19.6 Å². The molecule has 4 aromatic carbocycles. The van der Waals surface area contributed by atoms with Gasteiger partial charge in [-0.1, -0.05) is 94.9 Å². The van der Waals surface area contributed by atoms with Crippen molar-refractivity contribution in [1.82, 2.24) is 0 Å². The summed E-state index contributed by atoms with van der Waals surface area (Å²) in [5, 5.41) is 18.2. The molecule has 0 aliphatic rings. The second-order valence-electron chi connectivity index (χ2n) is 9.14. The Labute approximate surface area is 260 Å². The Hall–Kier alpha value is -2.52. The highest BCUT2D eigenvalue weighted by atomic mass is 35.5. The van der Waals surface area contributed by atoms with Gasteiger partial charge in [0.15, 0.2) is 0 Å². The molecule has 3 N–H and O–H groups in total. The van der Waals surface area contributed by atoms with Crippen LogP contribution in [0.5, 0.6) is 0 Å². The third kappa shape index (κ3) is 9.23. The van der Waals surface area contributed by atoms with E-state index < -0.39 is 6.10 Å². The first kappa shape index (κ1) is 31.4. The van der Waals surface area contributed by atoms with E-state index in [-0.39, 0.29) is 0 Å². The lowest BCUT2D eigenvalue weighted by Gasteiger charge is -2.18. The molecule has 0 aliphatic carbocycles. The Morgan fingerprint density at radius 2 is 1.07 bits per heavy atom. The summed E-state index contributed by atoms with van der Waals surface area (Å²) in [7, 11) is 0. The maximum Gasteiger partial charge on any atom is 0.0990 e. The van der Waals surface area contributed by atoms with E-state index in [0.717, 1.165) is 22.5 Å². The summed E-state index contributed by atoms with van der Waals surface area (Å²) in [6, 6.07) is 26.2. The maximum absolute atomic E-state index is 9.52. The van der Waals surface area contributed by atoms with Crippen LogP contribution in [0.3, 0.4) is 0 Å². The first-order valence-corrected chi connectivity index (χ1v) is 14.5. The maximum atomic E-state index is 9.52. The van der Waals surface area contributed by atoms with E-state index in [1.165, 1.54) is 0 Å². The minimum Gasteiger partial charge on any atom is -0.379 e. The molecule has 1 unspecified atom stereocenters. The second kappa shape index (κ2) is 16.2. The van der Waals surface area contributed by atoms with Crippen molar-refractivity contribution in [2.45, 2.75) is 25.6 Å². The molecule has 4 rings (SSSR count). The zero-order chi connectivity index (χ0) is 29.0. The molecule has 0 bridgehead atoms. The third-order valence-electron chi connectivity index (χ3n) is 6.29. The smallest absolute Gasteiger partial charge is 0.0990 e. The molecule has 0 heterocycles. The summed E-state index contributed by atoms with van der Waals surface area (Å²) >= 11 is 25.3. The lowest BCUT2D eigenvalue weighted by molar-refractivity contribution is -0.280. The first-order valence-electron chi connectivity index (χ1n) is 13.0. The number of nitrogens with one attached hydrogen (secondary N) is 2. The zero-order valence-corrected chi connectivity index (χ0v) is 25.1. The van der Waals surface area contributed by atoms with Gasteiger partial charge >= 0.3 is 0 Å². The number of hydrogen-bond acceptors (Lipinski definition) is 6. The van der Waals surface area contributed by atoms with E-state index in [1.807, 2.05) is 48.5 Å². The molecular weight excluding hydrogens is 606 g/mol. The molecule has 0 amide bonds. The van der Waals surface area contributed by atoms with E-state index in [2.05, 4.69) is 10.6 Å². The minimum absolute atomic E-state index is 0.385. The molecule has 216 valence electrons. The zero-order valence-electron chi connectivity index (χ0n) is 22.1. The molecule has 0 saturated carbocycles. The van der Waals surface area contributed by atoms with E-state index in [0.29, 0.717) is 70.7 Å². The molecule has 0 aromatic heterocycles. The quantitative estimate of drug-likeness (QED) is 0.0686. The van der Waals surface area contributed by atoms with Gasteiger partial charge in [-0.25, -0.2) is 4.89 Å². The monoisotopic (exact) mass is 634 g/mol. The molecule has 0 saturated heterocycles. The summed E-state index contributed by atoms with van der Waals surface area (Å²) in [6.07, 6.45) is 0.485. The topological polar surface area (TPSA) is 72.0 Å². The van der Waals surface area contributed by atoms with Gasteiger partial charge in [-0.2, -0.15) is 0 Å². The molecular formula is C31H30Cl4N2O4. The van der Waals surface area contributed by atoms with Crippen molar-refractivity contribution >= 4 is 69.2 Å². The highest BCUT2D eigenvalue weighted by Gasteiger charge is 2.15. The van der Waals surface area contributed by atoms with E-state index in [9.17, 15) is 5.26 Å². The van der Waals surface area contributed by atoms with Crippen LogP contribution in [-0.2, 0) is 27.4 Å². The third-order valence-corrected chi connectivity index (χ3v) is 7.55. The van der Waals surface area contributed by atoms with Gasteiger partial charge in [0, 0.05) is 36.4 Å². The average Bonchev–Trinajstić information content (AvgIpc) is 2.97. The molecule has 0 radical (unpaired) electrons. The van der Waals surface area contributed by atoms with E-state index >= 15 is 0 Å². The van der Waals surface area contributed by atoms with Crippen molar-refractivity contribution in [1.29, 1.82) is 0 Å². The van der Waals surface area contributed by atoms with Crippen molar-refractivity contribution in [2.24, 2.45) is 0 Å². The van der Waals surface area contributed by atoms with Crippen LogP contribution >= 0.6 is 46.4 Å². The Morgan fingerprint density at radius 3 is 1.63 bits per heavy atom. The van der Waals surface area contributed by atoms with Crippen molar-refractivity contribution in [3.63, 3.8) is 0 Å². The summed E-state index contributed by atoms with van der Waals surface area (Å²) < 4.78 is 11.6. The lowest BCUT2D eigenvalue weighted by atomic mass is 10.0. The van der Waals surface area contributed by atoms with Crippen LogP contribution in [0.4, 0.5) is 22.7 Å². The standard InChI is InChI=1S/C31H30Cl4N2O4/c32-24-9-5-10-25(33)30(24)36-28-13-3-1-7-21(28)19-23(41-38)15-16-39-17-18-40-20-22-8-2-4-14-29(22)37-31-26(34)11-6-12-27(31)35/h1-14,23,36-38H,15-20H2. The van der Waals surface area contributed by atoms with Gasteiger partial charge in [0.1, 0.15) is 0 Å². The Bertz CT molecular complexity index is 1380. The van der Waals surface area contributed by atoms with Gasteiger partial charge in [-0.15, -0.1) is 0 Å². The van der Waals surface area contributed by atoms with Crippen LogP contribution in [0.15, 0.2) is 84.9 Å². The number of ether oxygens (including phenoxy) is 2. The van der Waals surface area contributed by atoms with Crippen LogP contribution in [0.25, 0.3) is 0 Å². The number of hydrogen-bond donors (Lipinski definition) is 3. The Kier molecular flexibility index (Phi) is 12.4. The predicted octanol–water partition coefficient (Wildman–Crippen LogP) is 9.81. The fraction of sp³-hybridized carbons (Fsp3) is 0.226. The summed E-state index contributed by atoms with van der Waals surface area (Å²) in [5.41, 5.74) is 4.86.